The molecule has 1 fully saturated rings. The van der Waals surface area contributed by atoms with Gasteiger partial charge in [0.2, 0.25) is 0 Å². The van der Waals surface area contributed by atoms with Crippen LogP contribution in [0.25, 0.3) is 0 Å². The number of nitrogens with zero attached hydrogens (tertiary/aromatic N) is 1. The highest BCUT2D eigenvalue weighted by Crippen LogP contribution is 2.14. The summed E-state index contributed by atoms with van der Waals surface area (Å²) in [7, 11) is -2.51. The number of amides is 1. The van der Waals surface area contributed by atoms with Gasteiger partial charge in [0.1, 0.15) is 0 Å². The minimum absolute atomic E-state index is 0.0273. The molecule has 2 aromatic rings. The van der Waals surface area contributed by atoms with Crippen molar-refractivity contribution in [1.29, 1.82) is 0 Å². The average Bonchev–Trinajstić information content (AvgIpc) is 3.20. The van der Waals surface area contributed by atoms with Crippen molar-refractivity contribution >= 4 is 15.9 Å². The zero-order valence-electron chi connectivity index (χ0n) is 15.8. The van der Waals surface area contributed by atoms with Gasteiger partial charge < -0.3 is 5.32 Å². The van der Waals surface area contributed by atoms with Crippen molar-refractivity contribution in [2.75, 3.05) is 20.2 Å². The molecule has 1 saturated heterocycles. The quantitative estimate of drug-likeness (QED) is 0.659. The van der Waals surface area contributed by atoms with Gasteiger partial charge in [-0.3, -0.25) is 14.5 Å². The molecule has 8 heteroatoms. The molecule has 0 bridgehead atoms. The molecule has 0 unspecified atom stereocenters. The first-order valence-corrected chi connectivity index (χ1v) is 10.7. The molecule has 7 nitrogen and oxygen atoms in total. The van der Waals surface area contributed by atoms with E-state index >= 15 is 0 Å². The molecule has 3 rings (SSSR count). The molecule has 0 atom stereocenters. The number of likely N-dealkylation sites (tertiary alicyclic amines) is 1. The van der Waals surface area contributed by atoms with Gasteiger partial charge in [0.25, 0.3) is 15.9 Å². The summed E-state index contributed by atoms with van der Waals surface area (Å²) < 4.78 is 23.6. The van der Waals surface area contributed by atoms with Crippen LogP contribution in [0, 0.1) is 0 Å². The van der Waals surface area contributed by atoms with Crippen LogP contribution < -0.4 is 10.2 Å². The summed E-state index contributed by atoms with van der Waals surface area (Å²) in [6.07, 6.45) is 2.56. The highest BCUT2D eigenvalue weighted by molar-refractivity contribution is 7.89. The summed E-state index contributed by atoms with van der Waals surface area (Å²) in [4.78, 5) is 21.1. The number of sulfonamides is 1. The molecule has 1 aliphatic rings. The smallest absolute Gasteiger partial charge is 0.262 e. The van der Waals surface area contributed by atoms with Crippen LogP contribution in [0.1, 0.15) is 34.3 Å². The zero-order valence-corrected chi connectivity index (χ0v) is 16.7. The van der Waals surface area contributed by atoms with Crippen molar-refractivity contribution in [3.8, 4) is 0 Å². The minimum Gasteiger partial charge on any atom is -0.348 e. The third-order valence-electron chi connectivity index (χ3n) is 4.70. The number of benzene rings is 2. The fourth-order valence-corrected chi connectivity index (χ4v) is 4.00. The van der Waals surface area contributed by atoms with Gasteiger partial charge in [0.05, 0.1) is 12.0 Å². The van der Waals surface area contributed by atoms with E-state index < -0.39 is 10.0 Å². The largest absolute Gasteiger partial charge is 0.348 e. The molecule has 0 aromatic heterocycles. The Hall–Kier alpha value is -2.26. The Labute approximate surface area is 165 Å². The van der Waals surface area contributed by atoms with E-state index in [1.54, 1.807) is 0 Å². The Balaban J connectivity index is 1.53. The number of hydrogen-bond acceptors (Lipinski definition) is 5. The second-order valence-electron chi connectivity index (χ2n) is 6.80. The molecule has 0 aliphatic carbocycles. The van der Waals surface area contributed by atoms with Crippen LogP contribution in [0.2, 0.25) is 0 Å². The summed E-state index contributed by atoms with van der Waals surface area (Å²) >= 11 is 0. The molecular formula is C20H25N3O4S. The van der Waals surface area contributed by atoms with Gasteiger partial charge in [-0.15, -0.1) is 0 Å². The van der Waals surface area contributed by atoms with Gasteiger partial charge in [-0.25, -0.2) is 8.42 Å². The Kier molecular flexibility index (Phi) is 6.79. The first-order chi connectivity index (χ1) is 13.5. The Bertz CT molecular complexity index is 890. The second kappa shape index (κ2) is 9.29. The summed E-state index contributed by atoms with van der Waals surface area (Å²) in [5.41, 5.74) is 2.68. The predicted octanol–water partition coefficient (Wildman–Crippen LogP) is 2.05. The third-order valence-corrected chi connectivity index (χ3v) is 5.98. The highest BCUT2D eigenvalue weighted by atomic mass is 32.2. The van der Waals surface area contributed by atoms with Crippen molar-refractivity contribution < 1.29 is 18.0 Å². The second-order valence-corrected chi connectivity index (χ2v) is 8.44. The van der Waals surface area contributed by atoms with Crippen molar-refractivity contribution in [3.63, 3.8) is 0 Å². The van der Waals surface area contributed by atoms with E-state index in [9.17, 15) is 13.2 Å². The summed E-state index contributed by atoms with van der Waals surface area (Å²) in [6.45, 7) is 3.72. The Morgan fingerprint density at radius 1 is 1.00 bits per heavy atom. The fourth-order valence-electron chi connectivity index (χ4n) is 3.19. The van der Waals surface area contributed by atoms with E-state index in [4.69, 9.17) is 0 Å². The molecule has 1 heterocycles. The lowest BCUT2D eigenvalue weighted by Gasteiger charge is -2.14. The Morgan fingerprint density at radius 2 is 1.61 bits per heavy atom. The van der Waals surface area contributed by atoms with E-state index in [1.807, 2.05) is 17.0 Å². The molecule has 1 amide bonds. The predicted molar refractivity (Wildman–Crippen MR) is 106 cm³/mol. The van der Waals surface area contributed by atoms with Gasteiger partial charge in [-0.2, -0.15) is 0 Å². The maximum Gasteiger partial charge on any atom is 0.262 e. The van der Waals surface area contributed by atoms with Crippen molar-refractivity contribution in [3.05, 3.63) is 65.2 Å². The maximum absolute atomic E-state index is 12.3. The van der Waals surface area contributed by atoms with E-state index in [-0.39, 0.29) is 10.8 Å². The molecule has 150 valence electrons. The van der Waals surface area contributed by atoms with Crippen LogP contribution >= 0.6 is 0 Å². The van der Waals surface area contributed by atoms with Crippen molar-refractivity contribution in [2.24, 2.45) is 0 Å². The molecule has 2 aromatic carbocycles. The molecular weight excluding hydrogens is 378 g/mol. The van der Waals surface area contributed by atoms with Crippen molar-refractivity contribution in [1.82, 2.24) is 15.1 Å². The van der Waals surface area contributed by atoms with Gasteiger partial charge in [-0.1, -0.05) is 29.2 Å². The van der Waals surface area contributed by atoms with E-state index in [2.05, 4.69) is 27.2 Å². The summed E-state index contributed by atoms with van der Waals surface area (Å²) in [5.74, 6) is -0.259. The number of rotatable bonds is 8. The van der Waals surface area contributed by atoms with Gasteiger partial charge in [-0.05, 0) is 61.3 Å². The molecule has 28 heavy (non-hydrogen) atoms. The Morgan fingerprint density at radius 3 is 2.21 bits per heavy atom. The van der Waals surface area contributed by atoms with Crippen molar-refractivity contribution in [2.45, 2.75) is 30.8 Å². The van der Waals surface area contributed by atoms with Crippen LogP contribution in [0.5, 0.6) is 0 Å². The van der Waals surface area contributed by atoms with E-state index in [0.717, 1.165) is 12.1 Å². The lowest BCUT2D eigenvalue weighted by molar-refractivity contribution is 0.0951. The van der Waals surface area contributed by atoms with Crippen LogP contribution in [0.15, 0.2) is 53.4 Å². The number of nitrogens with one attached hydrogen (secondary N) is 2. The normalized spacial score (nSPS) is 14.9. The molecule has 2 N–H and O–H groups in total. The summed E-state index contributed by atoms with van der Waals surface area (Å²) in [6, 6.07) is 13.9. The molecule has 1 aliphatic heterocycles. The zero-order chi connectivity index (χ0) is 20.0. The highest BCUT2D eigenvalue weighted by Gasteiger charge is 2.15. The third kappa shape index (κ3) is 5.39. The maximum atomic E-state index is 12.3. The number of carbonyl (C=O) groups excluding carboxylic acids is 1. The molecule has 0 saturated carbocycles. The lowest BCUT2D eigenvalue weighted by atomic mass is 10.1. The molecule has 0 radical (unpaired) electrons. The van der Waals surface area contributed by atoms with Gasteiger partial charge in [0.15, 0.2) is 0 Å². The fraction of sp³-hybridized carbons (Fsp3) is 0.350. The lowest BCUT2D eigenvalue weighted by Crippen LogP contribution is -2.24. The van der Waals surface area contributed by atoms with E-state index in [0.29, 0.717) is 12.1 Å². The van der Waals surface area contributed by atoms with Crippen LogP contribution in [-0.2, 0) is 28.0 Å². The van der Waals surface area contributed by atoms with Crippen LogP contribution in [0.3, 0.4) is 0 Å². The summed E-state index contributed by atoms with van der Waals surface area (Å²) in [5, 5.41) is 2.85. The SMILES string of the molecule is CONS(=O)(=O)c1ccc(C(=O)NCc2ccc(CN3CCCC3)cc2)cc1. The average molecular weight is 404 g/mol. The van der Waals surface area contributed by atoms with Gasteiger partial charge in [0, 0.05) is 18.7 Å². The number of carbonyl (C=O) groups is 1. The first kappa shape index (κ1) is 20.5. The van der Waals surface area contributed by atoms with Crippen LogP contribution in [-0.4, -0.2) is 39.4 Å². The standard InChI is InChI=1S/C20H25N3O4S/c1-27-22-28(25,26)19-10-8-18(9-11-19)20(24)21-14-16-4-6-17(7-5-16)15-23-12-2-3-13-23/h4-11,22H,2-3,12-15H2,1H3,(H,21,24). The minimum atomic E-state index is -3.73. The first-order valence-electron chi connectivity index (χ1n) is 9.21. The van der Waals surface area contributed by atoms with Gasteiger partial charge >= 0.3 is 0 Å². The number of hydrogen-bond donors (Lipinski definition) is 2. The topological polar surface area (TPSA) is 87.7 Å². The monoisotopic (exact) mass is 403 g/mol. The van der Waals surface area contributed by atoms with E-state index in [1.165, 1.54) is 62.9 Å². The molecule has 0 spiro atoms. The van der Waals surface area contributed by atoms with Crippen LogP contribution in [0.4, 0.5) is 0 Å².